The molecule has 7 nitrogen and oxygen atoms in total. The van der Waals surface area contributed by atoms with E-state index >= 15 is 0 Å². The first-order valence-electron chi connectivity index (χ1n) is 9.98. The third-order valence-electron chi connectivity index (χ3n) is 4.88. The Labute approximate surface area is 194 Å². The van der Waals surface area contributed by atoms with Gasteiger partial charge in [-0.3, -0.25) is 15.2 Å². The number of rotatable bonds is 4. The molecule has 3 aromatic rings. The minimum Gasteiger partial charge on any atom is -0.381 e. The van der Waals surface area contributed by atoms with Gasteiger partial charge in [0.1, 0.15) is 5.82 Å². The summed E-state index contributed by atoms with van der Waals surface area (Å²) < 4.78 is 19.2. The number of hydrogen-bond acceptors (Lipinski definition) is 4. The van der Waals surface area contributed by atoms with Crippen molar-refractivity contribution in [3.05, 3.63) is 70.0 Å². The maximum atomic E-state index is 13.8. The molecule has 0 atom stereocenters. The summed E-state index contributed by atoms with van der Waals surface area (Å²) in [6.45, 7) is 1.19. The van der Waals surface area contributed by atoms with Gasteiger partial charge >= 0.3 is 0 Å². The van der Waals surface area contributed by atoms with E-state index in [2.05, 4.69) is 25.8 Å². The van der Waals surface area contributed by atoms with Crippen LogP contribution in [0, 0.1) is 5.82 Å². The Morgan fingerprint density at radius 3 is 2.72 bits per heavy atom. The van der Waals surface area contributed by atoms with E-state index in [0.29, 0.717) is 24.1 Å². The van der Waals surface area contributed by atoms with Crippen LogP contribution in [0.1, 0.15) is 23.2 Å². The second kappa shape index (κ2) is 10.1. The molecule has 0 radical (unpaired) electrons. The molecule has 4 rings (SSSR count). The zero-order valence-electron chi connectivity index (χ0n) is 16.9. The van der Waals surface area contributed by atoms with Gasteiger partial charge in [0.05, 0.1) is 16.8 Å². The average molecular weight is 476 g/mol. The van der Waals surface area contributed by atoms with E-state index in [0.717, 1.165) is 30.2 Å². The number of hydrogen-bond donors (Lipinski definition) is 3. The van der Waals surface area contributed by atoms with E-state index < -0.39 is 11.7 Å². The molecule has 0 spiro atoms. The second-order valence-corrected chi connectivity index (χ2v) is 8.05. The molecule has 0 unspecified atom stereocenters. The lowest BCUT2D eigenvalue weighted by molar-refractivity contribution is 0.0869. The van der Waals surface area contributed by atoms with Crippen molar-refractivity contribution in [2.75, 3.05) is 18.5 Å². The van der Waals surface area contributed by atoms with Gasteiger partial charge in [-0.1, -0.05) is 35.3 Å². The lowest BCUT2D eigenvalue weighted by Crippen LogP contribution is -2.38. The largest absolute Gasteiger partial charge is 0.381 e. The van der Waals surface area contributed by atoms with E-state index in [9.17, 15) is 9.18 Å². The second-order valence-electron chi connectivity index (χ2n) is 7.21. The lowest BCUT2D eigenvalue weighted by atomic mass is 10.1. The van der Waals surface area contributed by atoms with Crippen LogP contribution in [0.2, 0.25) is 10.0 Å². The Morgan fingerprint density at radius 2 is 1.97 bits per heavy atom. The molecule has 2 aromatic carbocycles. The van der Waals surface area contributed by atoms with Crippen LogP contribution in [0.15, 0.2) is 53.5 Å². The molecule has 0 saturated carbocycles. The van der Waals surface area contributed by atoms with Gasteiger partial charge in [0, 0.05) is 35.4 Å². The van der Waals surface area contributed by atoms with Crippen LogP contribution in [0.4, 0.5) is 10.2 Å². The minimum absolute atomic E-state index is 0.0279. The van der Waals surface area contributed by atoms with Crippen molar-refractivity contribution < 1.29 is 13.9 Å². The molecular formula is C22H20Cl2FN5O2. The number of aliphatic imine (C=N–C) groups is 1. The van der Waals surface area contributed by atoms with Gasteiger partial charge in [0.25, 0.3) is 5.91 Å². The summed E-state index contributed by atoms with van der Waals surface area (Å²) in [5.74, 6) is -0.534. The molecule has 0 bridgehead atoms. The molecule has 32 heavy (non-hydrogen) atoms. The summed E-state index contributed by atoms with van der Waals surface area (Å²) in [5.41, 5.74) is 1.73. The van der Waals surface area contributed by atoms with Crippen molar-refractivity contribution in [2.45, 2.75) is 18.9 Å². The van der Waals surface area contributed by atoms with Crippen LogP contribution < -0.4 is 10.6 Å². The van der Waals surface area contributed by atoms with Crippen LogP contribution in [-0.2, 0) is 4.74 Å². The van der Waals surface area contributed by atoms with E-state index in [-0.39, 0.29) is 22.6 Å². The SMILES string of the molecule is O=C(NC(=NC1CCOCC1)Nc1cc(-c2cccc(Cl)c2)[nH]n1)c1ccc(Cl)c(F)c1. The molecule has 1 aliphatic rings. The third-order valence-corrected chi connectivity index (χ3v) is 5.42. The fourth-order valence-corrected chi connectivity index (χ4v) is 3.53. The molecule has 1 saturated heterocycles. The summed E-state index contributed by atoms with van der Waals surface area (Å²) in [6, 6.07) is 12.9. The first-order chi connectivity index (χ1) is 15.5. The molecule has 10 heteroatoms. The van der Waals surface area contributed by atoms with Crippen molar-refractivity contribution in [3.8, 4) is 11.3 Å². The highest BCUT2D eigenvalue weighted by molar-refractivity contribution is 6.31. The van der Waals surface area contributed by atoms with E-state index in [1.807, 2.05) is 18.2 Å². The quantitative estimate of drug-likeness (QED) is 0.369. The van der Waals surface area contributed by atoms with Crippen molar-refractivity contribution >= 4 is 40.9 Å². The third kappa shape index (κ3) is 5.64. The maximum Gasteiger partial charge on any atom is 0.258 e. The van der Waals surface area contributed by atoms with Crippen LogP contribution in [0.5, 0.6) is 0 Å². The highest BCUT2D eigenvalue weighted by Crippen LogP contribution is 2.23. The number of amides is 1. The minimum atomic E-state index is -0.673. The summed E-state index contributed by atoms with van der Waals surface area (Å²) in [6.07, 6.45) is 1.45. The number of H-pyrrole nitrogens is 1. The number of aromatic nitrogens is 2. The molecular weight excluding hydrogens is 456 g/mol. The highest BCUT2D eigenvalue weighted by Gasteiger charge is 2.17. The molecule has 3 N–H and O–H groups in total. The van der Waals surface area contributed by atoms with E-state index in [1.54, 1.807) is 12.1 Å². The number of carbonyl (C=O) groups excluding carboxylic acids is 1. The molecule has 1 aliphatic heterocycles. The summed E-state index contributed by atoms with van der Waals surface area (Å²) in [5, 5.41) is 13.5. The zero-order valence-corrected chi connectivity index (χ0v) is 18.4. The number of nitrogens with zero attached hydrogens (tertiary/aromatic N) is 2. The Balaban J connectivity index is 1.55. The number of anilines is 1. The van der Waals surface area contributed by atoms with Crippen molar-refractivity contribution in [1.29, 1.82) is 0 Å². The number of halogens is 3. The Morgan fingerprint density at radius 1 is 1.16 bits per heavy atom. The fourth-order valence-electron chi connectivity index (χ4n) is 3.22. The predicted octanol–water partition coefficient (Wildman–Crippen LogP) is 4.90. The van der Waals surface area contributed by atoms with Gasteiger partial charge in [-0.25, -0.2) is 9.38 Å². The van der Waals surface area contributed by atoms with E-state index in [4.69, 9.17) is 27.9 Å². The molecule has 1 amide bonds. The number of benzene rings is 2. The van der Waals surface area contributed by atoms with Crippen molar-refractivity contribution in [2.24, 2.45) is 4.99 Å². The topological polar surface area (TPSA) is 91.4 Å². The van der Waals surface area contributed by atoms with Crippen molar-refractivity contribution in [3.63, 3.8) is 0 Å². The standard InChI is InChI=1S/C22H20Cl2FN5O2/c23-15-3-1-2-13(10-15)19-12-20(30-29-19)27-22(26-16-6-8-32-9-7-16)28-21(31)14-4-5-17(24)18(25)11-14/h1-5,10-12,16H,6-9H2,(H3,26,27,28,29,30,31). The summed E-state index contributed by atoms with van der Waals surface area (Å²) in [4.78, 5) is 17.3. The Bertz CT molecular complexity index is 1140. The maximum absolute atomic E-state index is 13.8. The first kappa shape index (κ1) is 22.3. The predicted molar refractivity (Wildman–Crippen MR) is 123 cm³/mol. The summed E-state index contributed by atoms with van der Waals surface area (Å²) in [7, 11) is 0. The average Bonchev–Trinajstić information content (AvgIpc) is 3.25. The van der Waals surface area contributed by atoms with Gasteiger partial charge < -0.3 is 10.1 Å². The monoisotopic (exact) mass is 475 g/mol. The zero-order chi connectivity index (χ0) is 22.5. The molecule has 1 fully saturated rings. The van der Waals surface area contributed by atoms with Gasteiger partial charge in [0.2, 0.25) is 5.96 Å². The smallest absolute Gasteiger partial charge is 0.258 e. The molecule has 2 heterocycles. The van der Waals surface area contributed by atoms with Gasteiger partial charge in [-0.05, 0) is 43.2 Å². The number of nitrogens with one attached hydrogen (secondary N) is 3. The normalized spacial score (nSPS) is 14.9. The lowest BCUT2D eigenvalue weighted by Gasteiger charge is -2.20. The first-order valence-corrected chi connectivity index (χ1v) is 10.7. The highest BCUT2D eigenvalue weighted by atomic mass is 35.5. The van der Waals surface area contributed by atoms with Gasteiger partial charge in [-0.15, -0.1) is 0 Å². The summed E-state index contributed by atoms with van der Waals surface area (Å²) >= 11 is 11.8. The molecule has 0 aliphatic carbocycles. The molecule has 1 aromatic heterocycles. The van der Waals surface area contributed by atoms with Crippen LogP contribution >= 0.6 is 23.2 Å². The number of aromatic amines is 1. The van der Waals surface area contributed by atoms with Gasteiger partial charge in [-0.2, -0.15) is 5.10 Å². The fraction of sp³-hybridized carbons (Fsp3) is 0.227. The van der Waals surface area contributed by atoms with Crippen LogP contribution in [0.25, 0.3) is 11.3 Å². The van der Waals surface area contributed by atoms with Crippen LogP contribution in [0.3, 0.4) is 0 Å². The Kier molecular flexibility index (Phi) is 7.04. The van der Waals surface area contributed by atoms with Crippen molar-refractivity contribution in [1.82, 2.24) is 15.5 Å². The van der Waals surface area contributed by atoms with Crippen LogP contribution in [-0.4, -0.2) is 41.3 Å². The van der Waals surface area contributed by atoms with E-state index in [1.165, 1.54) is 12.1 Å². The van der Waals surface area contributed by atoms with Gasteiger partial charge in [0.15, 0.2) is 5.82 Å². The Hall–Kier alpha value is -2.94. The number of guanidine groups is 1. The molecule has 166 valence electrons. The number of ether oxygens (including phenoxy) is 1. The number of carbonyl (C=O) groups is 1.